The Labute approximate surface area is 184 Å². The minimum absolute atomic E-state index is 0.0353. The zero-order chi connectivity index (χ0) is 21.8. The summed E-state index contributed by atoms with van der Waals surface area (Å²) in [4.78, 5) is 25.5. The van der Waals surface area contributed by atoms with Gasteiger partial charge in [0, 0.05) is 16.1 Å². The van der Waals surface area contributed by atoms with Crippen molar-refractivity contribution < 1.29 is 23.8 Å². The van der Waals surface area contributed by atoms with Crippen LogP contribution in [0.2, 0.25) is 5.02 Å². The largest absolute Gasteiger partial charge is 0.471 e. The molecule has 0 spiro atoms. The highest BCUT2D eigenvalue weighted by atomic mass is 35.5. The molecular formula is C25H19ClO5. The summed E-state index contributed by atoms with van der Waals surface area (Å²) < 4.78 is 17.0. The van der Waals surface area contributed by atoms with E-state index in [2.05, 4.69) is 0 Å². The summed E-state index contributed by atoms with van der Waals surface area (Å²) in [5.74, 6) is -1.41. The average Bonchev–Trinajstić information content (AvgIpc) is 2.80. The smallest absolute Gasteiger partial charge is 0.377 e. The molecule has 1 atom stereocenters. The number of benzene rings is 3. The lowest BCUT2D eigenvalue weighted by Gasteiger charge is -2.29. The number of hydrogen-bond acceptors (Lipinski definition) is 5. The third-order valence-corrected chi connectivity index (χ3v) is 5.02. The van der Waals surface area contributed by atoms with Crippen molar-refractivity contribution in [1.82, 2.24) is 0 Å². The first-order chi connectivity index (χ1) is 15.1. The Hall–Kier alpha value is -3.57. The first-order valence-electron chi connectivity index (χ1n) is 9.78. The summed E-state index contributed by atoms with van der Waals surface area (Å²) in [5.41, 5.74) is 2.50. The molecule has 0 fully saturated rings. The Morgan fingerprint density at radius 1 is 0.903 bits per heavy atom. The minimum atomic E-state index is -0.702. The maximum absolute atomic E-state index is 12.8. The zero-order valence-electron chi connectivity index (χ0n) is 16.7. The molecule has 5 nitrogen and oxygen atoms in total. The fourth-order valence-electron chi connectivity index (χ4n) is 3.34. The van der Waals surface area contributed by atoms with Gasteiger partial charge in [-0.3, -0.25) is 0 Å². The number of hydrogen-bond donors (Lipinski definition) is 0. The second kappa shape index (κ2) is 9.06. The molecule has 0 saturated carbocycles. The number of halogens is 1. The van der Waals surface area contributed by atoms with Crippen LogP contribution in [0.25, 0.3) is 5.76 Å². The molecule has 0 aromatic heterocycles. The van der Waals surface area contributed by atoms with Crippen LogP contribution in [0.1, 0.15) is 40.1 Å². The van der Waals surface area contributed by atoms with Gasteiger partial charge in [0.2, 0.25) is 5.76 Å². The standard InChI is InChI=1S/C25H19ClO5/c1-2-29-25(28)23-22(31-24(27)17-8-4-3-5-9-17)20-11-7-6-10-19(20)21(30-23)16-12-14-18(26)15-13-16/h3-15,21H,2H2,1H3/t21-/m0/s1. The molecule has 31 heavy (non-hydrogen) atoms. The molecule has 3 aromatic carbocycles. The Bertz CT molecular complexity index is 1140. The van der Waals surface area contributed by atoms with Crippen molar-refractivity contribution in [3.05, 3.63) is 112 Å². The summed E-state index contributed by atoms with van der Waals surface area (Å²) in [5, 5.41) is 0.589. The van der Waals surface area contributed by atoms with Crippen LogP contribution in [0.15, 0.2) is 84.6 Å². The van der Waals surface area contributed by atoms with E-state index in [-0.39, 0.29) is 18.1 Å². The lowest BCUT2D eigenvalue weighted by atomic mass is 9.93. The Kier molecular flexibility index (Phi) is 6.05. The topological polar surface area (TPSA) is 61.8 Å². The van der Waals surface area contributed by atoms with Crippen LogP contribution in [0.3, 0.4) is 0 Å². The molecule has 0 bridgehead atoms. The molecule has 1 heterocycles. The zero-order valence-corrected chi connectivity index (χ0v) is 17.5. The number of carbonyl (C=O) groups excluding carboxylic acids is 2. The molecule has 3 aromatic rings. The average molecular weight is 435 g/mol. The summed E-state index contributed by atoms with van der Waals surface area (Å²) in [7, 11) is 0. The molecule has 4 rings (SSSR count). The van der Waals surface area contributed by atoms with Crippen molar-refractivity contribution >= 4 is 29.3 Å². The lowest BCUT2D eigenvalue weighted by Crippen LogP contribution is -2.23. The van der Waals surface area contributed by atoms with Crippen LogP contribution < -0.4 is 0 Å². The van der Waals surface area contributed by atoms with Crippen LogP contribution in [-0.4, -0.2) is 18.5 Å². The Morgan fingerprint density at radius 3 is 2.29 bits per heavy atom. The van der Waals surface area contributed by atoms with Crippen molar-refractivity contribution in [2.75, 3.05) is 6.61 Å². The molecule has 156 valence electrons. The number of esters is 2. The van der Waals surface area contributed by atoms with E-state index in [0.717, 1.165) is 11.1 Å². The summed E-state index contributed by atoms with van der Waals surface area (Å²) >= 11 is 6.03. The summed E-state index contributed by atoms with van der Waals surface area (Å²) in [6, 6.07) is 23.0. The maximum Gasteiger partial charge on any atom is 0.377 e. The first kappa shape index (κ1) is 20.7. The fraction of sp³-hybridized carbons (Fsp3) is 0.120. The van der Waals surface area contributed by atoms with E-state index in [9.17, 15) is 9.59 Å². The van der Waals surface area contributed by atoms with Gasteiger partial charge in [-0.15, -0.1) is 0 Å². The molecule has 1 aliphatic heterocycles. The molecule has 0 unspecified atom stereocenters. The van der Waals surface area contributed by atoms with E-state index >= 15 is 0 Å². The van der Waals surface area contributed by atoms with Crippen molar-refractivity contribution in [3.63, 3.8) is 0 Å². The van der Waals surface area contributed by atoms with Crippen LogP contribution in [-0.2, 0) is 19.0 Å². The SMILES string of the molecule is CCOC(=O)C1=C(OC(=O)c2ccccc2)c2ccccc2[C@H](c2ccc(Cl)cc2)O1. The van der Waals surface area contributed by atoms with Gasteiger partial charge in [0.15, 0.2) is 11.9 Å². The number of carbonyl (C=O) groups is 2. The maximum atomic E-state index is 12.8. The molecule has 0 aliphatic carbocycles. The van der Waals surface area contributed by atoms with Gasteiger partial charge in [0.05, 0.1) is 12.2 Å². The molecular weight excluding hydrogens is 416 g/mol. The number of fused-ring (bicyclic) bond motifs is 1. The molecule has 0 amide bonds. The summed E-state index contributed by atoms with van der Waals surface area (Å²) in [6.45, 7) is 1.85. The third-order valence-electron chi connectivity index (χ3n) is 4.77. The Balaban J connectivity index is 1.81. The van der Waals surface area contributed by atoms with E-state index in [1.807, 2.05) is 30.3 Å². The van der Waals surface area contributed by atoms with Crippen LogP contribution >= 0.6 is 11.6 Å². The quantitative estimate of drug-likeness (QED) is 0.493. The van der Waals surface area contributed by atoms with Gasteiger partial charge >= 0.3 is 11.9 Å². The first-order valence-corrected chi connectivity index (χ1v) is 10.2. The van der Waals surface area contributed by atoms with E-state index in [1.165, 1.54) is 0 Å². The third kappa shape index (κ3) is 4.32. The van der Waals surface area contributed by atoms with Gasteiger partial charge in [-0.25, -0.2) is 9.59 Å². The van der Waals surface area contributed by atoms with Crippen molar-refractivity contribution in [3.8, 4) is 0 Å². The minimum Gasteiger partial charge on any atom is -0.471 e. The summed E-state index contributed by atoms with van der Waals surface area (Å²) in [6.07, 6.45) is -0.591. The van der Waals surface area contributed by atoms with Crippen LogP contribution in [0, 0.1) is 0 Å². The lowest BCUT2D eigenvalue weighted by molar-refractivity contribution is -0.143. The molecule has 1 aliphatic rings. The van der Waals surface area contributed by atoms with Gasteiger partial charge < -0.3 is 14.2 Å². The highest BCUT2D eigenvalue weighted by Crippen LogP contribution is 2.41. The van der Waals surface area contributed by atoms with Crippen molar-refractivity contribution in [2.24, 2.45) is 0 Å². The van der Waals surface area contributed by atoms with Gasteiger partial charge in [-0.2, -0.15) is 0 Å². The van der Waals surface area contributed by atoms with E-state index in [4.69, 9.17) is 25.8 Å². The monoisotopic (exact) mass is 434 g/mol. The number of rotatable bonds is 5. The van der Waals surface area contributed by atoms with E-state index < -0.39 is 18.0 Å². The second-order valence-electron chi connectivity index (χ2n) is 6.77. The number of ether oxygens (including phenoxy) is 3. The molecule has 6 heteroatoms. The highest BCUT2D eigenvalue weighted by molar-refractivity contribution is 6.30. The van der Waals surface area contributed by atoms with Crippen molar-refractivity contribution in [1.29, 1.82) is 0 Å². The molecule has 0 N–H and O–H groups in total. The van der Waals surface area contributed by atoms with Gasteiger partial charge in [-0.1, -0.05) is 66.2 Å². The fourth-order valence-corrected chi connectivity index (χ4v) is 3.47. The van der Waals surface area contributed by atoms with E-state index in [0.29, 0.717) is 16.1 Å². The van der Waals surface area contributed by atoms with Gasteiger partial charge in [0.25, 0.3) is 0 Å². The second-order valence-corrected chi connectivity index (χ2v) is 7.21. The van der Waals surface area contributed by atoms with E-state index in [1.54, 1.807) is 55.5 Å². The van der Waals surface area contributed by atoms with Gasteiger partial charge in [-0.05, 0) is 36.8 Å². The molecule has 0 saturated heterocycles. The predicted octanol–water partition coefficient (Wildman–Crippen LogP) is 5.55. The predicted molar refractivity (Wildman–Crippen MR) is 116 cm³/mol. The van der Waals surface area contributed by atoms with Gasteiger partial charge in [0.1, 0.15) is 0 Å². The van der Waals surface area contributed by atoms with Crippen LogP contribution in [0.4, 0.5) is 0 Å². The molecule has 0 radical (unpaired) electrons. The van der Waals surface area contributed by atoms with Crippen molar-refractivity contribution in [2.45, 2.75) is 13.0 Å². The highest BCUT2D eigenvalue weighted by Gasteiger charge is 2.35. The normalized spacial score (nSPS) is 15.0. The van der Waals surface area contributed by atoms with Crippen LogP contribution in [0.5, 0.6) is 0 Å². The Morgan fingerprint density at radius 2 is 1.58 bits per heavy atom.